The van der Waals surface area contributed by atoms with Crippen LogP contribution in [0.1, 0.15) is 54.4 Å². The Morgan fingerprint density at radius 3 is 2.24 bits per heavy atom. The third kappa shape index (κ3) is 5.05. The Bertz CT molecular complexity index is 686. The van der Waals surface area contributed by atoms with Gasteiger partial charge in [0.05, 0.1) is 6.26 Å². The van der Waals surface area contributed by atoms with Gasteiger partial charge in [0.1, 0.15) is 0 Å². The monoisotopic (exact) mass is 364 g/mol. The van der Waals surface area contributed by atoms with Crippen LogP contribution >= 0.6 is 0 Å². The van der Waals surface area contributed by atoms with Crippen LogP contribution in [0.3, 0.4) is 0 Å². The minimum absolute atomic E-state index is 0.0277. The Balaban J connectivity index is 1.50. The maximum Gasteiger partial charge on any atom is 0.251 e. The second-order valence-electron chi connectivity index (χ2n) is 7.46. The molecule has 138 valence electrons. The lowest BCUT2D eigenvalue weighted by molar-refractivity contribution is 0.0938. The van der Waals surface area contributed by atoms with E-state index in [4.69, 9.17) is 0 Å². The molecule has 0 bridgehead atoms. The predicted octanol–water partition coefficient (Wildman–Crippen LogP) is 2.57. The van der Waals surface area contributed by atoms with E-state index in [1.54, 1.807) is 4.31 Å². The number of amides is 1. The molecule has 5 nitrogen and oxygen atoms in total. The van der Waals surface area contributed by atoms with Gasteiger partial charge in [-0.25, -0.2) is 12.7 Å². The molecule has 1 aromatic carbocycles. The molecular weight excluding hydrogens is 336 g/mol. The largest absolute Gasteiger partial charge is 0.349 e. The van der Waals surface area contributed by atoms with Crippen LogP contribution in [0.2, 0.25) is 0 Å². The van der Waals surface area contributed by atoms with Gasteiger partial charge < -0.3 is 5.32 Å². The highest BCUT2D eigenvalue weighted by Crippen LogP contribution is 2.23. The van der Waals surface area contributed by atoms with Crippen molar-refractivity contribution in [2.45, 2.75) is 51.0 Å². The Hall–Kier alpha value is -1.40. The standard InChI is InChI=1S/C19H28N2O3S/c1-25(23,24)21-12-10-16(11-13-21)14-15-6-8-17(9-7-15)19(22)20-18-4-2-3-5-18/h6-9,16,18H,2-5,10-14H2,1H3,(H,20,22). The van der Waals surface area contributed by atoms with Crippen molar-refractivity contribution in [3.63, 3.8) is 0 Å². The highest BCUT2D eigenvalue weighted by molar-refractivity contribution is 7.88. The van der Waals surface area contributed by atoms with Gasteiger partial charge in [0.15, 0.2) is 0 Å². The lowest BCUT2D eigenvalue weighted by Crippen LogP contribution is -2.38. The molecule has 25 heavy (non-hydrogen) atoms. The molecule has 2 aliphatic rings. The van der Waals surface area contributed by atoms with E-state index >= 15 is 0 Å². The molecule has 0 aromatic heterocycles. The molecule has 1 saturated heterocycles. The average molecular weight is 365 g/mol. The maximum absolute atomic E-state index is 12.3. The summed E-state index contributed by atoms with van der Waals surface area (Å²) >= 11 is 0. The Morgan fingerprint density at radius 2 is 1.68 bits per heavy atom. The van der Waals surface area contributed by atoms with Crippen LogP contribution in [-0.4, -0.2) is 44.0 Å². The van der Waals surface area contributed by atoms with Crippen molar-refractivity contribution in [1.29, 1.82) is 0 Å². The molecular formula is C19H28N2O3S. The van der Waals surface area contributed by atoms with Crippen LogP contribution in [0.5, 0.6) is 0 Å². The molecule has 1 aliphatic heterocycles. The van der Waals surface area contributed by atoms with Gasteiger partial charge in [-0.15, -0.1) is 0 Å². The van der Waals surface area contributed by atoms with Gasteiger partial charge in [0, 0.05) is 24.7 Å². The van der Waals surface area contributed by atoms with Crippen LogP contribution in [0.15, 0.2) is 24.3 Å². The second kappa shape index (κ2) is 7.87. The van der Waals surface area contributed by atoms with Crippen molar-refractivity contribution < 1.29 is 13.2 Å². The summed E-state index contributed by atoms with van der Waals surface area (Å²) < 4.78 is 24.7. The third-order valence-corrected chi connectivity index (χ3v) is 6.78. The minimum atomic E-state index is -3.06. The number of nitrogens with one attached hydrogen (secondary N) is 1. The van der Waals surface area contributed by atoms with E-state index in [1.165, 1.54) is 24.7 Å². The molecule has 0 atom stereocenters. The van der Waals surface area contributed by atoms with E-state index in [9.17, 15) is 13.2 Å². The topological polar surface area (TPSA) is 66.5 Å². The van der Waals surface area contributed by atoms with Crippen molar-refractivity contribution in [3.8, 4) is 0 Å². The number of hydrogen-bond donors (Lipinski definition) is 1. The number of nitrogens with zero attached hydrogens (tertiary/aromatic N) is 1. The first-order valence-corrected chi connectivity index (χ1v) is 11.1. The van der Waals surface area contributed by atoms with E-state index in [2.05, 4.69) is 5.32 Å². The number of carbonyl (C=O) groups is 1. The number of benzene rings is 1. The van der Waals surface area contributed by atoms with Gasteiger partial charge in [-0.3, -0.25) is 4.79 Å². The second-order valence-corrected chi connectivity index (χ2v) is 9.44. The summed E-state index contributed by atoms with van der Waals surface area (Å²) in [5.74, 6) is 0.538. The molecule has 1 saturated carbocycles. The molecule has 1 heterocycles. The van der Waals surface area contributed by atoms with Gasteiger partial charge >= 0.3 is 0 Å². The van der Waals surface area contributed by atoms with Crippen molar-refractivity contribution in [2.75, 3.05) is 19.3 Å². The number of rotatable bonds is 5. The predicted molar refractivity (Wildman–Crippen MR) is 99.0 cm³/mol. The zero-order valence-corrected chi connectivity index (χ0v) is 15.7. The van der Waals surface area contributed by atoms with Crippen LogP contribution in [-0.2, 0) is 16.4 Å². The summed E-state index contributed by atoms with van der Waals surface area (Å²) in [6, 6.07) is 8.22. The number of hydrogen-bond acceptors (Lipinski definition) is 3. The fourth-order valence-corrected chi connectivity index (χ4v) is 4.78. The third-order valence-electron chi connectivity index (χ3n) is 5.47. The number of sulfonamides is 1. The van der Waals surface area contributed by atoms with Crippen LogP contribution in [0, 0.1) is 5.92 Å². The van der Waals surface area contributed by atoms with Crippen molar-refractivity contribution in [2.24, 2.45) is 5.92 Å². The molecule has 2 fully saturated rings. The SMILES string of the molecule is CS(=O)(=O)N1CCC(Cc2ccc(C(=O)NC3CCCC3)cc2)CC1. The molecule has 0 unspecified atom stereocenters. The molecule has 0 spiro atoms. The van der Waals surface area contributed by atoms with Crippen molar-refractivity contribution in [3.05, 3.63) is 35.4 Å². The molecule has 1 amide bonds. The summed E-state index contributed by atoms with van der Waals surface area (Å²) in [7, 11) is -3.06. The average Bonchev–Trinajstić information content (AvgIpc) is 3.08. The van der Waals surface area contributed by atoms with Crippen LogP contribution < -0.4 is 5.32 Å². The van der Waals surface area contributed by atoms with E-state index in [1.807, 2.05) is 24.3 Å². The summed E-state index contributed by atoms with van der Waals surface area (Å²) in [5.41, 5.74) is 1.94. The van der Waals surface area contributed by atoms with Gasteiger partial charge in [0.2, 0.25) is 10.0 Å². The molecule has 3 rings (SSSR count). The smallest absolute Gasteiger partial charge is 0.251 e. The normalized spacial score (nSPS) is 20.7. The summed E-state index contributed by atoms with van der Waals surface area (Å²) in [4.78, 5) is 12.3. The fraction of sp³-hybridized carbons (Fsp3) is 0.632. The quantitative estimate of drug-likeness (QED) is 0.873. The lowest BCUT2D eigenvalue weighted by Gasteiger charge is -2.30. The molecule has 1 aromatic rings. The lowest BCUT2D eigenvalue weighted by atomic mass is 9.90. The molecule has 0 radical (unpaired) electrons. The minimum Gasteiger partial charge on any atom is -0.349 e. The first-order chi connectivity index (χ1) is 11.9. The summed E-state index contributed by atoms with van der Waals surface area (Å²) in [6.45, 7) is 1.23. The highest BCUT2D eigenvalue weighted by atomic mass is 32.2. The fourth-order valence-electron chi connectivity index (χ4n) is 3.91. The first-order valence-electron chi connectivity index (χ1n) is 9.27. The molecule has 6 heteroatoms. The Kier molecular flexibility index (Phi) is 5.79. The van der Waals surface area contributed by atoms with E-state index < -0.39 is 10.0 Å². The first kappa shape index (κ1) is 18.4. The number of carbonyl (C=O) groups excluding carboxylic acids is 1. The van der Waals surface area contributed by atoms with Crippen molar-refractivity contribution in [1.82, 2.24) is 9.62 Å². The van der Waals surface area contributed by atoms with E-state index in [-0.39, 0.29) is 5.91 Å². The molecule has 1 aliphatic carbocycles. The van der Waals surface area contributed by atoms with Gasteiger partial charge in [-0.1, -0.05) is 25.0 Å². The Labute approximate surface area is 150 Å². The maximum atomic E-state index is 12.3. The zero-order valence-electron chi connectivity index (χ0n) is 14.9. The van der Waals surface area contributed by atoms with Crippen LogP contribution in [0.25, 0.3) is 0 Å². The molecule has 1 N–H and O–H groups in total. The van der Waals surface area contributed by atoms with Gasteiger partial charge in [-0.2, -0.15) is 0 Å². The summed E-state index contributed by atoms with van der Waals surface area (Å²) in [6.07, 6.45) is 8.63. The van der Waals surface area contributed by atoms with Crippen LogP contribution in [0.4, 0.5) is 0 Å². The van der Waals surface area contributed by atoms with Gasteiger partial charge in [0.25, 0.3) is 5.91 Å². The van der Waals surface area contributed by atoms with E-state index in [0.29, 0.717) is 25.0 Å². The Morgan fingerprint density at radius 1 is 1.08 bits per heavy atom. The zero-order chi connectivity index (χ0) is 17.9. The number of piperidine rings is 1. The highest BCUT2D eigenvalue weighted by Gasteiger charge is 2.25. The summed E-state index contributed by atoms with van der Waals surface area (Å²) in [5, 5.41) is 3.11. The van der Waals surface area contributed by atoms with Crippen molar-refractivity contribution >= 4 is 15.9 Å². The van der Waals surface area contributed by atoms with Gasteiger partial charge in [-0.05, 0) is 55.7 Å². The van der Waals surface area contributed by atoms with E-state index in [0.717, 1.165) is 37.7 Å².